The summed E-state index contributed by atoms with van der Waals surface area (Å²) in [6.45, 7) is 10.2. The van der Waals surface area contributed by atoms with Crippen LogP contribution in [-0.2, 0) is 9.47 Å². The first-order valence-corrected chi connectivity index (χ1v) is 8.42. The molecule has 10 heteroatoms. The first-order valence-electron chi connectivity index (χ1n) is 8.04. The van der Waals surface area contributed by atoms with Gasteiger partial charge in [-0.1, -0.05) is 0 Å². The second-order valence-corrected chi connectivity index (χ2v) is 7.70. The molecule has 0 saturated heterocycles. The molecule has 148 valence electrons. The molecule has 1 aromatic heterocycles. The summed E-state index contributed by atoms with van der Waals surface area (Å²) >= 11 is 5.81. The molecule has 27 heavy (non-hydrogen) atoms. The van der Waals surface area contributed by atoms with Crippen LogP contribution in [0, 0.1) is 5.41 Å². The van der Waals surface area contributed by atoms with Crippen LogP contribution in [0.4, 0.5) is 15.4 Å². The highest BCUT2D eigenvalue weighted by atomic mass is 35.5. The summed E-state index contributed by atoms with van der Waals surface area (Å²) in [4.78, 5) is 33.2. The van der Waals surface area contributed by atoms with Crippen molar-refractivity contribution in [3.63, 3.8) is 0 Å². The molecule has 0 bridgehead atoms. The van der Waals surface area contributed by atoms with Crippen molar-refractivity contribution in [2.75, 3.05) is 4.90 Å². The van der Waals surface area contributed by atoms with Gasteiger partial charge in [0.1, 0.15) is 17.0 Å². The number of carbonyl (C=O) groups is 2. The van der Waals surface area contributed by atoms with Crippen molar-refractivity contribution in [2.24, 2.45) is 0 Å². The summed E-state index contributed by atoms with van der Waals surface area (Å²) in [5.74, 6) is 0.0741. The number of anilines is 1. The maximum atomic E-state index is 12.7. The van der Waals surface area contributed by atoms with Gasteiger partial charge in [0.05, 0.1) is 5.70 Å². The van der Waals surface area contributed by atoms with Gasteiger partial charge in [0.25, 0.3) is 0 Å². The third-order valence-electron chi connectivity index (χ3n) is 2.56. The Bertz CT molecular complexity index is 738. The van der Waals surface area contributed by atoms with Crippen molar-refractivity contribution >= 4 is 35.8 Å². The van der Waals surface area contributed by atoms with E-state index in [1.807, 2.05) is 0 Å². The maximum absolute atomic E-state index is 12.7. The number of ether oxygens (including phenoxy) is 2. The van der Waals surface area contributed by atoms with Gasteiger partial charge in [-0.25, -0.2) is 19.5 Å². The fraction of sp³-hybridized carbons (Fsp3) is 0.471. The van der Waals surface area contributed by atoms with Gasteiger partial charge in [0, 0.05) is 24.7 Å². The van der Waals surface area contributed by atoms with Crippen LogP contribution in [-0.4, -0.2) is 39.6 Å². The van der Waals surface area contributed by atoms with Gasteiger partial charge in [0.2, 0.25) is 5.28 Å². The minimum Gasteiger partial charge on any atom is -0.444 e. The number of aromatic nitrogens is 2. The molecule has 0 fully saturated rings. The van der Waals surface area contributed by atoms with Gasteiger partial charge >= 0.3 is 12.2 Å². The number of nitrogens with zero attached hydrogens (tertiary/aromatic N) is 3. The average Bonchev–Trinajstić information content (AvgIpc) is 2.47. The SMILES string of the molecule is CC(C)(C)OC(=O)N/C=C(\C=N)N(C(=O)OC(C)(C)C)c1ccnc(Cl)n1. The van der Waals surface area contributed by atoms with E-state index in [1.165, 1.54) is 12.3 Å². The van der Waals surface area contributed by atoms with Gasteiger partial charge in [-0.3, -0.25) is 5.32 Å². The quantitative estimate of drug-likeness (QED) is 0.587. The van der Waals surface area contributed by atoms with E-state index < -0.39 is 23.4 Å². The standard InChI is InChI=1S/C17H24ClN5O4/c1-16(2,3)26-14(24)21-10-11(9-19)23(15(25)27-17(4,5)6)12-7-8-20-13(18)22-12/h7-10,19H,1-6H3,(H,21,24)/b11-10+,19-9?. The number of hydrogen-bond donors (Lipinski definition) is 2. The molecule has 0 atom stereocenters. The molecular formula is C17H24ClN5O4. The van der Waals surface area contributed by atoms with Crippen molar-refractivity contribution in [1.82, 2.24) is 15.3 Å². The van der Waals surface area contributed by atoms with Crippen LogP contribution in [0.25, 0.3) is 0 Å². The summed E-state index contributed by atoms with van der Waals surface area (Å²) in [7, 11) is 0. The number of nitrogens with one attached hydrogen (secondary N) is 2. The van der Waals surface area contributed by atoms with Crippen molar-refractivity contribution < 1.29 is 19.1 Å². The van der Waals surface area contributed by atoms with Crippen molar-refractivity contribution in [2.45, 2.75) is 52.7 Å². The molecule has 2 N–H and O–H groups in total. The zero-order chi connectivity index (χ0) is 20.8. The smallest absolute Gasteiger partial charge is 0.420 e. The molecule has 0 aliphatic rings. The lowest BCUT2D eigenvalue weighted by molar-refractivity contribution is 0.0544. The Labute approximate surface area is 163 Å². The van der Waals surface area contributed by atoms with E-state index in [0.717, 1.165) is 17.3 Å². The van der Waals surface area contributed by atoms with E-state index in [4.69, 9.17) is 26.5 Å². The summed E-state index contributed by atoms with van der Waals surface area (Å²) < 4.78 is 10.5. The average molecular weight is 398 g/mol. The van der Waals surface area contributed by atoms with E-state index in [0.29, 0.717) is 0 Å². The molecular weight excluding hydrogens is 374 g/mol. The minimum atomic E-state index is -0.807. The molecule has 0 spiro atoms. The first kappa shape index (κ1) is 22.4. The Hall–Kier alpha value is -2.68. The molecule has 0 aliphatic heterocycles. The molecule has 9 nitrogen and oxygen atoms in total. The summed E-state index contributed by atoms with van der Waals surface area (Å²) in [6.07, 6.45) is 1.80. The highest BCUT2D eigenvalue weighted by Gasteiger charge is 2.27. The molecule has 1 heterocycles. The fourth-order valence-electron chi connectivity index (χ4n) is 1.70. The monoisotopic (exact) mass is 397 g/mol. The molecule has 0 aliphatic carbocycles. The normalized spacial score (nSPS) is 12.2. The third-order valence-corrected chi connectivity index (χ3v) is 2.74. The van der Waals surface area contributed by atoms with E-state index in [-0.39, 0.29) is 16.8 Å². The van der Waals surface area contributed by atoms with Crippen LogP contribution in [0.3, 0.4) is 0 Å². The van der Waals surface area contributed by atoms with Crippen LogP contribution in [0.1, 0.15) is 41.5 Å². The van der Waals surface area contributed by atoms with E-state index in [9.17, 15) is 9.59 Å². The molecule has 1 aromatic rings. The molecule has 2 amide bonds. The first-order chi connectivity index (χ1) is 12.3. The number of amides is 2. The topological polar surface area (TPSA) is 118 Å². The minimum absolute atomic E-state index is 0.0233. The highest BCUT2D eigenvalue weighted by molar-refractivity contribution is 6.28. The van der Waals surface area contributed by atoms with Gasteiger partial charge in [-0.05, 0) is 53.1 Å². The lowest BCUT2D eigenvalue weighted by atomic mass is 10.2. The maximum Gasteiger partial charge on any atom is 0.420 e. The largest absolute Gasteiger partial charge is 0.444 e. The third kappa shape index (κ3) is 8.04. The number of rotatable bonds is 4. The van der Waals surface area contributed by atoms with Crippen LogP contribution >= 0.6 is 11.6 Å². The Morgan fingerprint density at radius 2 is 1.78 bits per heavy atom. The van der Waals surface area contributed by atoms with Crippen molar-refractivity contribution in [3.05, 3.63) is 29.4 Å². The lowest BCUT2D eigenvalue weighted by Crippen LogP contribution is -2.38. The Kier molecular flexibility index (Phi) is 7.29. The zero-order valence-electron chi connectivity index (χ0n) is 16.2. The second-order valence-electron chi connectivity index (χ2n) is 7.36. The number of halogens is 1. The Morgan fingerprint density at radius 3 is 2.26 bits per heavy atom. The van der Waals surface area contributed by atoms with Crippen LogP contribution in [0.5, 0.6) is 0 Å². The van der Waals surface area contributed by atoms with E-state index >= 15 is 0 Å². The molecule has 0 unspecified atom stereocenters. The van der Waals surface area contributed by atoms with Gasteiger partial charge in [-0.15, -0.1) is 0 Å². The number of allylic oxidation sites excluding steroid dienone is 1. The van der Waals surface area contributed by atoms with Crippen LogP contribution < -0.4 is 10.2 Å². The van der Waals surface area contributed by atoms with E-state index in [1.54, 1.807) is 41.5 Å². The van der Waals surface area contributed by atoms with E-state index in [2.05, 4.69) is 15.3 Å². The molecule has 0 aromatic carbocycles. The fourth-order valence-corrected chi connectivity index (χ4v) is 1.84. The molecule has 1 rings (SSSR count). The number of hydrogen-bond acceptors (Lipinski definition) is 7. The summed E-state index contributed by atoms with van der Waals surface area (Å²) in [5.41, 5.74) is -1.52. The van der Waals surface area contributed by atoms with Crippen molar-refractivity contribution in [3.8, 4) is 0 Å². The predicted molar refractivity (Wildman–Crippen MR) is 102 cm³/mol. The summed E-state index contributed by atoms with van der Waals surface area (Å²) in [6, 6.07) is 1.42. The van der Waals surface area contributed by atoms with Gasteiger partial charge in [0.15, 0.2) is 0 Å². The molecule has 0 saturated carbocycles. The number of alkyl carbamates (subject to hydrolysis) is 1. The second kappa shape index (κ2) is 8.81. The van der Waals surface area contributed by atoms with Crippen LogP contribution in [0.2, 0.25) is 5.28 Å². The Balaban J connectivity index is 3.22. The van der Waals surface area contributed by atoms with Crippen LogP contribution in [0.15, 0.2) is 24.2 Å². The summed E-state index contributed by atoms with van der Waals surface area (Å²) in [5, 5.41) is 9.91. The number of carbonyl (C=O) groups excluding carboxylic acids is 2. The molecule has 0 radical (unpaired) electrons. The van der Waals surface area contributed by atoms with Crippen molar-refractivity contribution in [1.29, 1.82) is 5.41 Å². The Morgan fingerprint density at radius 1 is 1.19 bits per heavy atom. The van der Waals surface area contributed by atoms with Gasteiger partial charge < -0.3 is 14.9 Å². The lowest BCUT2D eigenvalue weighted by Gasteiger charge is -2.27. The van der Waals surface area contributed by atoms with Gasteiger partial charge in [-0.2, -0.15) is 4.98 Å². The zero-order valence-corrected chi connectivity index (χ0v) is 16.9. The predicted octanol–water partition coefficient (Wildman–Crippen LogP) is 3.89. The highest BCUT2D eigenvalue weighted by Crippen LogP contribution is 2.21.